The summed E-state index contributed by atoms with van der Waals surface area (Å²) in [6.45, 7) is 8.31. The van der Waals surface area contributed by atoms with Gasteiger partial charge in [-0.1, -0.05) is 30.3 Å². The fraction of sp³-hybridized carbons (Fsp3) is 0.500. The van der Waals surface area contributed by atoms with Gasteiger partial charge >= 0.3 is 6.18 Å². The number of halogens is 5. The number of nitrogens with zero attached hydrogens (tertiary/aromatic N) is 5. The summed E-state index contributed by atoms with van der Waals surface area (Å²) in [4.78, 5) is 38.2. The van der Waals surface area contributed by atoms with Gasteiger partial charge in [0.1, 0.15) is 28.8 Å². The summed E-state index contributed by atoms with van der Waals surface area (Å²) in [5.74, 6) is -0.919. The lowest BCUT2D eigenvalue weighted by atomic mass is 9.98. The minimum absolute atomic E-state index is 0.0214. The number of aromatic nitrogens is 1. The second kappa shape index (κ2) is 11.6. The molecule has 3 aliphatic heterocycles. The van der Waals surface area contributed by atoms with Crippen LogP contribution in [0.25, 0.3) is 11.3 Å². The third kappa shape index (κ3) is 6.04. The quantitative estimate of drug-likeness (QED) is 0.333. The van der Waals surface area contributed by atoms with Crippen LogP contribution in [-0.4, -0.2) is 102 Å². The Bertz CT molecular complexity index is 1440. The third-order valence-electron chi connectivity index (χ3n) is 8.55. The van der Waals surface area contributed by atoms with Gasteiger partial charge < -0.3 is 24.3 Å². The Kier molecular flexibility index (Phi) is 8.38. The first-order chi connectivity index (χ1) is 20.2. The normalized spacial score (nSPS) is 21.8. The van der Waals surface area contributed by atoms with Gasteiger partial charge in [-0.2, -0.15) is 13.2 Å². The van der Waals surface area contributed by atoms with Gasteiger partial charge in [0.25, 0.3) is 5.91 Å². The molecule has 2 amide bonds. The minimum atomic E-state index is -4.29. The van der Waals surface area contributed by atoms with Gasteiger partial charge in [-0.15, -0.1) is 0 Å². The number of carbonyl (C=O) groups excluding carboxylic acids is 2. The number of piperazine rings is 1. The van der Waals surface area contributed by atoms with Crippen molar-refractivity contribution in [2.75, 3.05) is 51.3 Å². The van der Waals surface area contributed by atoms with E-state index in [1.807, 2.05) is 18.7 Å². The molecule has 0 saturated carbocycles. The van der Waals surface area contributed by atoms with Gasteiger partial charge in [0.15, 0.2) is 5.75 Å². The fourth-order valence-electron chi connectivity index (χ4n) is 6.17. The molecule has 2 saturated heterocycles. The molecule has 4 heterocycles. The number of anilines is 1. The van der Waals surface area contributed by atoms with Crippen LogP contribution >= 0.6 is 11.6 Å². The van der Waals surface area contributed by atoms with Crippen molar-refractivity contribution in [1.29, 1.82) is 0 Å². The van der Waals surface area contributed by atoms with Crippen LogP contribution in [0.3, 0.4) is 0 Å². The van der Waals surface area contributed by atoms with Gasteiger partial charge in [-0.05, 0) is 45.5 Å². The Hall–Kier alpha value is -3.38. The number of carbonyl (C=O) groups is 2. The van der Waals surface area contributed by atoms with Crippen LogP contribution < -0.4 is 9.64 Å². The summed E-state index contributed by atoms with van der Waals surface area (Å²) in [5.41, 5.74) is -0.315. The number of hydrogen-bond donors (Lipinski definition) is 0. The molecule has 0 spiro atoms. The van der Waals surface area contributed by atoms with Crippen molar-refractivity contribution >= 4 is 29.2 Å². The van der Waals surface area contributed by atoms with Crippen molar-refractivity contribution in [1.82, 2.24) is 19.7 Å². The Labute approximate surface area is 252 Å². The van der Waals surface area contributed by atoms with E-state index in [0.29, 0.717) is 13.0 Å². The van der Waals surface area contributed by atoms with Gasteiger partial charge in [0, 0.05) is 49.9 Å². The van der Waals surface area contributed by atoms with Gasteiger partial charge in [0.05, 0.1) is 18.2 Å². The Morgan fingerprint density at radius 1 is 1.26 bits per heavy atom. The van der Waals surface area contributed by atoms with E-state index in [1.54, 1.807) is 27.8 Å². The predicted octanol–water partition coefficient (Wildman–Crippen LogP) is 5.01. The van der Waals surface area contributed by atoms with E-state index in [-0.39, 0.29) is 78.1 Å². The summed E-state index contributed by atoms with van der Waals surface area (Å²) < 4.78 is 60.3. The summed E-state index contributed by atoms with van der Waals surface area (Å²) in [6, 6.07) is 5.24. The van der Waals surface area contributed by atoms with E-state index in [2.05, 4.69) is 6.58 Å². The molecule has 13 heteroatoms. The maximum Gasteiger partial charge on any atom is 0.390 e. The number of alkyl halides is 3. The SMILES string of the molecule is C=CC(=O)N1CCN2C(=O)c3c(N4CC(N(C)CCC(F)(F)F)CC4(C)C)nc(-c4ccccc4F)c(Cl)c3OCC2C1. The van der Waals surface area contributed by atoms with Crippen LogP contribution in [0.2, 0.25) is 5.02 Å². The van der Waals surface area contributed by atoms with E-state index >= 15 is 4.39 Å². The van der Waals surface area contributed by atoms with E-state index in [0.717, 1.165) is 0 Å². The highest BCUT2D eigenvalue weighted by Crippen LogP contribution is 2.47. The average Bonchev–Trinajstić information content (AvgIpc) is 3.20. The Morgan fingerprint density at radius 2 is 1.98 bits per heavy atom. The van der Waals surface area contributed by atoms with Gasteiger partial charge in [0.2, 0.25) is 5.91 Å². The fourth-order valence-corrected chi connectivity index (χ4v) is 6.46. The second-order valence-corrected chi connectivity index (χ2v) is 12.2. The summed E-state index contributed by atoms with van der Waals surface area (Å²) in [5, 5.41) is -0.0214. The van der Waals surface area contributed by atoms with E-state index in [4.69, 9.17) is 21.3 Å². The van der Waals surface area contributed by atoms with Crippen LogP contribution in [0.5, 0.6) is 5.75 Å². The lowest BCUT2D eigenvalue weighted by molar-refractivity contribution is -0.138. The predicted molar refractivity (Wildman–Crippen MR) is 155 cm³/mol. The first-order valence-electron chi connectivity index (χ1n) is 14.1. The zero-order valence-corrected chi connectivity index (χ0v) is 25.0. The summed E-state index contributed by atoms with van der Waals surface area (Å²) in [6.07, 6.45) is -3.51. The van der Waals surface area contributed by atoms with E-state index < -0.39 is 35.9 Å². The highest BCUT2D eigenvalue weighted by molar-refractivity contribution is 6.35. The molecule has 2 aromatic rings. The zero-order chi connectivity index (χ0) is 31.3. The topological polar surface area (TPSA) is 69.2 Å². The molecule has 2 fully saturated rings. The van der Waals surface area contributed by atoms with Crippen molar-refractivity contribution in [2.45, 2.75) is 50.5 Å². The molecule has 0 N–H and O–H groups in total. The minimum Gasteiger partial charge on any atom is -0.489 e. The molecule has 232 valence electrons. The Balaban J connectivity index is 1.60. The standard InChI is InChI=1S/C30H34ClF4N5O3/c1-5-22(41)38-12-13-39-19(15-38)17-43-26-23(28(39)42)27(36-25(24(26)31)20-8-6-7-9-21(20)32)40-16-18(14-29(40,2)3)37(4)11-10-30(33,34)35/h5-9,18-19H,1,10-17H2,2-4H3. The number of ether oxygens (including phenoxy) is 1. The zero-order valence-electron chi connectivity index (χ0n) is 24.3. The van der Waals surface area contributed by atoms with Crippen molar-refractivity contribution in [3.05, 3.63) is 53.3 Å². The van der Waals surface area contributed by atoms with Gasteiger partial charge in [-0.3, -0.25) is 9.59 Å². The summed E-state index contributed by atoms with van der Waals surface area (Å²) >= 11 is 6.85. The van der Waals surface area contributed by atoms with Gasteiger partial charge in [-0.25, -0.2) is 9.37 Å². The highest BCUT2D eigenvalue weighted by atomic mass is 35.5. The molecule has 2 unspecified atom stereocenters. The number of pyridine rings is 1. The van der Waals surface area contributed by atoms with Crippen LogP contribution in [0, 0.1) is 5.82 Å². The average molecular weight is 624 g/mol. The first-order valence-corrected chi connectivity index (χ1v) is 14.5. The number of amides is 2. The molecule has 43 heavy (non-hydrogen) atoms. The molecule has 1 aromatic heterocycles. The molecule has 0 radical (unpaired) electrons. The van der Waals surface area contributed by atoms with Crippen LogP contribution in [0.15, 0.2) is 36.9 Å². The molecule has 8 nitrogen and oxygen atoms in total. The van der Waals surface area contributed by atoms with E-state index in [1.165, 1.54) is 24.3 Å². The molecule has 2 atom stereocenters. The first kappa shape index (κ1) is 31.1. The van der Waals surface area contributed by atoms with Crippen LogP contribution in [0.1, 0.15) is 37.0 Å². The number of benzene rings is 1. The molecule has 0 bridgehead atoms. The highest BCUT2D eigenvalue weighted by Gasteiger charge is 2.46. The van der Waals surface area contributed by atoms with Crippen molar-refractivity contribution in [3.8, 4) is 17.0 Å². The number of rotatable bonds is 6. The Morgan fingerprint density at radius 3 is 2.65 bits per heavy atom. The van der Waals surface area contributed by atoms with Crippen molar-refractivity contribution < 1.29 is 31.9 Å². The smallest absolute Gasteiger partial charge is 0.390 e. The van der Waals surface area contributed by atoms with Crippen LogP contribution in [-0.2, 0) is 4.79 Å². The molecular formula is C30H34ClF4N5O3. The monoisotopic (exact) mass is 623 g/mol. The van der Waals surface area contributed by atoms with E-state index in [9.17, 15) is 22.8 Å². The largest absolute Gasteiger partial charge is 0.489 e. The van der Waals surface area contributed by atoms with Crippen molar-refractivity contribution in [3.63, 3.8) is 0 Å². The second-order valence-electron chi connectivity index (χ2n) is 11.9. The molecule has 0 aliphatic carbocycles. The molecule has 3 aliphatic rings. The molecular weight excluding hydrogens is 590 g/mol. The third-order valence-corrected chi connectivity index (χ3v) is 8.91. The summed E-state index contributed by atoms with van der Waals surface area (Å²) in [7, 11) is 1.65. The van der Waals surface area contributed by atoms with Crippen molar-refractivity contribution in [2.24, 2.45) is 0 Å². The number of fused-ring (bicyclic) bond motifs is 2. The molecule has 1 aromatic carbocycles. The lowest BCUT2D eigenvalue weighted by Gasteiger charge is -2.40. The van der Waals surface area contributed by atoms with Crippen LogP contribution in [0.4, 0.5) is 23.4 Å². The maximum atomic E-state index is 15.1. The molecule has 5 rings (SSSR count). The lowest BCUT2D eigenvalue weighted by Crippen LogP contribution is -2.57. The maximum absolute atomic E-state index is 15.1. The number of likely N-dealkylation sites (N-methyl/N-ethyl adjacent to an activating group) is 1. The number of hydrogen-bond acceptors (Lipinski definition) is 6.